The smallest absolute Gasteiger partial charge is 0.352 e. The van der Waals surface area contributed by atoms with Crippen molar-refractivity contribution in [3.63, 3.8) is 0 Å². The number of amides is 1. The van der Waals surface area contributed by atoms with E-state index in [1.807, 2.05) is 0 Å². The molecule has 0 atom stereocenters. The lowest BCUT2D eigenvalue weighted by atomic mass is 9.99. The van der Waals surface area contributed by atoms with Crippen LogP contribution >= 0.6 is 0 Å². The number of rotatable bonds is 4. The van der Waals surface area contributed by atoms with E-state index < -0.39 is 11.7 Å². The normalized spacial score (nSPS) is 15.2. The number of pyridine rings is 1. The van der Waals surface area contributed by atoms with Gasteiger partial charge in [0.05, 0.1) is 11.9 Å². The van der Waals surface area contributed by atoms with Crippen molar-refractivity contribution in [3.8, 4) is 11.1 Å². The highest BCUT2D eigenvalue weighted by Crippen LogP contribution is 2.33. The summed E-state index contributed by atoms with van der Waals surface area (Å²) < 4.78 is 40.3. The van der Waals surface area contributed by atoms with E-state index in [0.29, 0.717) is 27.9 Å². The highest BCUT2D eigenvalue weighted by Gasteiger charge is 2.30. The Balaban J connectivity index is 1.56. The van der Waals surface area contributed by atoms with Crippen LogP contribution in [0.5, 0.6) is 0 Å². The van der Waals surface area contributed by atoms with E-state index in [4.69, 9.17) is 0 Å². The molecular formula is C21H21F3N4O. The zero-order valence-corrected chi connectivity index (χ0v) is 16.0. The number of hydrogen-bond donors (Lipinski definition) is 1. The summed E-state index contributed by atoms with van der Waals surface area (Å²) in [6.45, 7) is 1.78. The molecule has 1 aromatic carbocycles. The van der Waals surface area contributed by atoms with Crippen molar-refractivity contribution in [1.82, 2.24) is 19.9 Å². The van der Waals surface area contributed by atoms with E-state index in [9.17, 15) is 18.0 Å². The number of nitrogens with zero attached hydrogens (tertiary/aromatic N) is 3. The fourth-order valence-corrected chi connectivity index (χ4v) is 3.87. The average molecular weight is 402 g/mol. The fourth-order valence-electron chi connectivity index (χ4n) is 3.87. The SMILES string of the molecule is Cc1cc(C(F)(F)F)ccc1-c1cnc2c(c1)ncn2CC(=O)NC1CCCC1. The number of carbonyl (C=O) groups is 1. The van der Waals surface area contributed by atoms with Crippen LogP contribution in [0.25, 0.3) is 22.3 Å². The third kappa shape index (κ3) is 4.11. The first-order valence-electron chi connectivity index (χ1n) is 9.60. The van der Waals surface area contributed by atoms with Crippen molar-refractivity contribution >= 4 is 17.1 Å². The van der Waals surface area contributed by atoms with Gasteiger partial charge in [0.2, 0.25) is 5.91 Å². The molecular weight excluding hydrogens is 381 g/mol. The van der Waals surface area contributed by atoms with Crippen LogP contribution in [0.2, 0.25) is 0 Å². The highest BCUT2D eigenvalue weighted by molar-refractivity contribution is 5.82. The van der Waals surface area contributed by atoms with E-state index in [1.54, 1.807) is 30.1 Å². The van der Waals surface area contributed by atoms with Gasteiger partial charge in [0.25, 0.3) is 0 Å². The third-order valence-corrected chi connectivity index (χ3v) is 5.35. The quantitative estimate of drug-likeness (QED) is 0.700. The first-order chi connectivity index (χ1) is 13.8. The summed E-state index contributed by atoms with van der Waals surface area (Å²) in [5.41, 5.74) is 2.35. The Bertz CT molecular complexity index is 1050. The first kappa shape index (κ1) is 19.4. The Morgan fingerprint density at radius 2 is 1.97 bits per heavy atom. The number of aryl methyl sites for hydroxylation is 1. The average Bonchev–Trinajstić information content (AvgIpc) is 3.30. The van der Waals surface area contributed by atoms with Crippen molar-refractivity contribution in [2.24, 2.45) is 0 Å². The lowest BCUT2D eigenvalue weighted by Crippen LogP contribution is -2.35. The van der Waals surface area contributed by atoms with E-state index >= 15 is 0 Å². The molecule has 29 heavy (non-hydrogen) atoms. The zero-order chi connectivity index (χ0) is 20.6. The van der Waals surface area contributed by atoms with Gasteiger partial charge in [-0.3, -0.25) is 4.79 Å². The number of carbonyl (C=O) groups excluding carboxylic acids is 1. The Morgan fingerprint density at radius 3 is 2.66 bits per heavy atom. The molecule has 1 amide bonds. The maximum absolute atomic E-state index is 12.9. The molecule has 2 aromatic heterocycles. The Labute approximate surface area is 166 Å². The second-order valence-electron chi connectivity index (χ2n) is 7.52. The van der Waals surface area contributed by atoms with Crippen molar-refractivity contribution < 1.29 is 18.0 Å². The number of hydrogen-bond acceptors (Lipinski definition) is 3. The van der Waals surface area contributed by atoms with Gasteiger partial charge in [-0.15, -0.1) is 0 Å². The largest absolute Gasteiger partial charge is 0.416 e. The van der Waals surface area contributed by atoms with Gasteiger partial charge in [-0.1, -0.05) is 18.9 Å². The summed E-state index contributed by atoms with van der Waals surface area (Å²) >= 11 is 0. The molecule has 4 rings (SSSR count). The minimum Gasteiger partial charge on any atom is -0.352 e. The molecule has 1 fully saturated rings. The summed E-state index contributed by atoms with van der Waals surface area (Å²) in [6.07, 6.45) is 3.12. The van der Waals surface area contributed by atoms with Crippen LogP contribution in [-0.4, -0.2) is 26.5 Å². The van der Waals surface area contributed by atoms with Crippen molar-refractivity contribution in [2.45, 2.75) is 51.4 Å². The molecule has 1 aliphatic carbocycles. The van der Waals surface area contributed by atoms with Gasteiger partial charge in [-0.2, -0.15) is 13.2 Å². The maximum atomic E-state index is 12.9. The van der Waals surface area contributed by atoms with Crippen LogP contribution in [-0.2, 0) is 17.5 Å². The van der Waals surface area contributed by atoms with Gasteiger partial charge in [-0.05, 0) is 49.1 Å². The Kier molecular flexibility index (Phi) is 5.02. The van der Waals surface area contributed by atoms with Crippen molar-refractivity contribution in [2.75, 3.05) is 0 Å². The molecule has 0 unspecified atom stereocenters. The molecule has 1 saturated carbocycles. The number of halogens is 3. The van der Waals surface area contributed by atoms with Gasteiger partial charge in [-0.25, -0.2) is 9.97 Å². The maximum Gasteiger partial charge on any atom is 0.416 e. The summed E-state index contributed by atoms with van der Waals surface area (Å²) in [6, 6.07) is 5.68. The van der Waals surface area contributed by atoms with Crippen molar-refractivity contribution in [1.29, 1.82) is 0 Å². The lowest BCUT2D eigenvalue weighted by Gasteiger charge is -2.12. The summed E-state index contributed by atoms with van der Waals surface area (Å²) in [5.74, 6) is -0.0688. The molecule has 8 heteroatoms. The van der Waals surface area contributed by atoms with Crippen LogP contribution in [0.4, 0.5) is 13.2 Å². The van der Waals surface area contributed by atoms with Gasteiger partial charge in [0.1, 0.15) is 12.1 Å². The molecule has 2 heterocycles. The van der Waals surface area contributed by atoms with Gasteiger partial charge >= 0.3 is 6.18 Å². The molecule has 0 radical (unpaired) electrons. The number of benzene rings is 1. The molecule has 152 valence electrons. The Morgan fingerprint density at radius 1 is 1.21 bits per heavy atom. The van der Waals surface area contributed by atoms with Crippen LogP contribution < -0.4 is 5.32 Å². The minimum absolute atomic E-state index is 0.0688. The van der Waals surface area contributed by atoms with Gasteiger partial charge in [0, 0.05) is 17.8 Å². The van der Waals surface area contributed by atoms with Crippen LogP contribution in [0.15, 0.2) is 36.8 Å². The number of imidazole rings is 1. The molecule has 0 bridgehead atoms. The molecule has 1 aliphatic rings. The molecule has 0 aliphatic heterocycles. The molecule has 0 spiro atoms. The predicted octanol–water partition coefficient (Wildman–Crippen LogP) is 4.48. The molecule has 3 aromatic rings. The lowest BCUT2D eigenvalue weighted by molar-refractivity contribution is -0.137. The number of nitrogens with one attached hydrogen (secondary N) is 1. The fraction of sp³-hybridized carbons (Fsp3) is 0.381. The summed E-state index contributed by atoms with van der Waals surface area (Å²) in [7, 11) is 0. The van der Waals surface area contributed by atoms with Gasteiger partial charge in [0.15, 0.2) is 5.65 Å². The Hall–Kier alpha value is -2.90. The summed E-state index contributed by atoms with van der Waals surface area (Å²) in [5, 5.41) is 3.04. The van der Waals surface area contributed by atoms with E-state index in [-0.39, 0.29) is 18.5 Å². The second kappa shape index (κ2) is 7.50. The minimum atomic E-state index is -4.37. The third-order valence-electron chi connectivity index (χ3n) is 5.35. The zero-order valence-electron chi connectivity index (χ0n) is 16.0. The molecule has 1 N–H and O–H groups in total. The van der Waals surface area contributed by atoms with Gasteiger partial charge < -0.3 is 9.88 Å². The van der Waals surface area contributed by atoms with Crippen LogP contribution in [0, 0.1) is 6.92 Å². The predicted molar refractivity (Wildman–Crippen MR) is 103 cm³/mol. The number of alkyl halides is 3. The van der Waals surface area contributed by atoms with E-state index in [0.717, 1.165) is 37.8 Å². The number of aromatic nitrogens is 3. The van der Waals surface area contributed by atoms with Crippen LogP contribution in [0.3, 0.4) is 0 Å². The highest BCUT2D eigenvalue weighted by atomic mass is 19.4. The number of fused-ring (bicyclic) bond motifs is 1. The monoisotopic (exact) mass is 402 g/mol. The first-order valence-corrected chi connectivity index (χ1v) is 9.60. The van der Waals surface area contributed by atoms with E-state index in [2.05, 4.69) is 15.3 Å². The van der Waals surface area contributed by atoms with E-state index in [1.165, 1.54) is 6.07 Å². The van der Waals surface area contributed by atoms with Crippen LogP contribution in [0.1, 0.15) is 36.8 Å². The molecule has 0 saturated heterocycles. The topological polar surface area (TPSA) is 59.8 Å². The molecule has 5 nitrogen and oxygen atoms in total. The summed E-state index contributed by atoms with van der Waals surface area (Å²) in [4.78, 5) is 21.0. The standard InChI is InChI=1S/C21H21F3N4O/c1-13-8-15(21(22,23)24)6-7-17(13)14-9-18-20(25-10-14)28(12-26-18)11-19(29)27-16-4-2-3-5-16/h6-10,12,16H,2-5,11H2,1H3,(H,27,29). The second-order valence-corrected chi connectivity index (χ2v) is 7.52. The van der Waals surface area contributed by atoms with Crippen molar-refractivity contribution in [3.05, 3.63) is 47.9 Å².